The Morgan fingerprint density at radius 3 is 2.81 bits per heavy atom. The number of nitrogens with zero attached hydrogens (tertiary/aromatic N) is 1. The van der Waals surface area contributed by atoms with Gasteiger partial charge in [0.2, 0.25) is 0 Å². The summed E-state index contributed by atoms with van der Waals surface area (Å²) in [6.45, 7) is 6.47. The fourth-order valence-corrected chi connectivity index (χ4v) is 3.28. The van der Waals surface area contributed by atoms with Gasteiger partial charge in [0.25, 0.3) is 5.91 Å². The predicted octanol–water partition coefficient (Wildman–Crippen LogP) is 3.82. The molecule has 0 aliphatic rings. The molecule has 3 N–H and O–H groups in total. The zero-order valence-electron chi connectivity index (χ0n) is 12.8. The second kappa shape index (κ2) is 6.89. The summed E-state index contributed by atoms with van der Waals surface area (Å²) in [5.74, 6) is 0.616. The monoisotopic (exact) mass is 305 g/mol. The van der Waals surface area contributed by atoms with Gasteiger partial charge in [0.1, 0.15) is 9.71 Å². The standard InChI is InChI=1S/C16H23N3OS/c1-10(2)6-4-7-11(3)19-15(20)14-13(17)12-8-5-9-18-16(12)21-14/h5,8-11H,4,6-7,17H2,1-3H3,(H,19,20). The average molecular weight is 305 g/mol. The van der Waals surface area contributed by atoms with Crippen LogP contribution in [0.1, 0.15) is 49.7 Å². The lowest BCUT2D eigenvalue weighted by Crippen LogP contribution is -2.32. The Labute approximate surface area is 129 Å². The van der Waals surface area contributed by atoms with Crippen molar-refractivity contribution in [1.29, 1.82) is 0 Å². The van der Waals surface area contributed by atoms with E-state index in [1.54, 1.807) is 6.20 Å². The maximum Gasteiger partial charge on any atom is 0.263 e. The van der Waals surface area contributed by atoms with E-state index in [0.717, 1.165) is 23.1 Å². The van der Waals surface area contributed by atoms with Crippen LogP contribution in [0.3, 0.4) is 0 Å². The first kappa shape index (κ1) is 15.8. The van der Waals surface area contributed by atoms with E-state index in [4.69, 9.17) is 5.73 Å². The lowest BCUT2D eigenvalue weighted by molar-refractivity contribution is 0.0943. The molecule has 0 spiro atoms. The van der Waals surface area contributed by atoms with Gasteiger partial charge in [-0.1, -0.05) is 26.7 Å². The molecule has 0 bridgehead atoms. The highest BCUT2D eigenvalue weighted by atomic mass is 32.1. The van der Waals surface area contributed by atoms with Crippen LogP contribution in [0.25, 0.3) is 10.2 Å². The molecule has 21 heavy (non-hydrogen) atoms. The molecule has 0 aromatic carbocycles. The van der Waals surface area contributed by atoms with Crippen molar-refractivity contribution >= 4 is 33.1 Å². The number of nitrogens with one attached hydrogen (secondary N) is 1. The van der Waals surface area contributed by atoms with E-state index >= 15 is 0 Å². The lowest BCUT2D eigenvalue weighted by atomic mass is 10.0. The van der Waals surface area contributed by atoms with E-state index in [1.165, 1.54) is 17.8 Å². The summed E-state index contributed by atoms with van der Waals surface area (Å²) in [5, 5.41) is 3.90. The van der Waals surface area contributed by atoms with Crippen molar-refractivity contribution < 1.29 is 4.79 Å². The van der Waals surface area contributed by atoms with E-state index in [2.05, 4.69) is 24.1 Å². The number of hydrogen-bond acceptors (Lipinski definition) is 4. The number of pyridine rings is 1. The van der Waals surface area contributed by atoms with Crippen molar-refractivity contribution in [3.8, 4) is 0 Å². The molecular weight excluding hydrogens is 282 g/mol. The highest BCUT2D eigenvalue weighted by Gasteiger charge is 2.18. The Morgan fingerprint density at radius 2 is 2.14 bits per heavy atom. The third kappa shape index (κ3) is 3.94. The van der Waals surface area contributed by atoms with Crippen molar-refractivity contribution in [1.82, 2.24) is 10.3 Å². The van der Waals surface area contributed by atoms with Gasteiger partial charge in [-0.15, -0.1) is 11.3 Å². The highest BCUT2D eigenvalue weighted by molar-refractivity contribution is 7.21. The Balaban J connectivity index is 2.00. The number of rotatable bonds is 6. The van der Waals surface area contributed by atoms with Gasteiger partial charge >= 0.3 is 0 Å². The Kier molecular flexibility index (Phi) is 5.17. The molecule has 1 unspecified atom stereocenters. The number of carbonyl (C=O) groups is 1. The fraction of sp³-hybridized carbons (Fsp3) is 0.500. The van der Waals surface area contributed by atoms with Crippen LogP contribution in [0.2, 0.25) is 0 Å². The topological polar surface area (TPSA) is 68.0 Å². The van der Waals surface area contributed by atoms with Crippen LogP contribution in [0.4, 0.5) is 5.69 Å². The van der Waals surface area contributed by atoms with Crippen LogP contribution in [-0.4, -0.2) is 16.9 Å². The van der Waals surface area contributed by atoms with Crippen molar-refractivity contribution in [3.63, 3.8) is 0 Å². The molecule has 5 heteroatoms. The molecule has 2 aromatic heterocycles. The minimum absolute atomic E-state index is 0.0902. The summed E-state index contributed by atoms with van der Waals surface area (Å²) in [5.41, 5.74) is 6.60. The molecule has 0 aliphatic carbocycles. The van der Waals surface area contributed by atoms with Gasteiger partial charge < -0.3 is 11.1 Å². The Hall–Kier alpha value is -1.62. The van der Waals surface area contributed by atoms with Gasteiger partial charge in [-0.3, -0.25) is 4.79 Å². The third-order valence-electron chi connectivity index (χ3n) is 3.51. The van der Waals surface area contributed by atoms with Gasteiger partial charge in [-0.25, -0.2) is 4.98 Å². The minimum atomic E-state index is -0.0902. The number of fused-ring (bicyclic) bond motifs is 1. The minimum Gasteiger partial charge on any atom is -0.397 e. The predicted molar refractivity (Wildman–Crippen MR) is 89.6 cm³/mol. The Morgan fingerprint density at radius 1 is 1.38 bits per heavy atom. The number of hydrogen-bond donors (Lipinski definition) is 2. The number of nitrogen functional groups attached to an aromatic ring is 1. The number of nitrogens with two attached hydrogens (primary N) is 1. The van der Waals surface area contributed by atoms with E-state index in [1.807, 2.05) is 19.1 Å². The molecule has 0 aliphatic heterocycles. The lowest BCUT2D eigenvalue weighted by Gasteiger charge is -2.14. The smallest absolute Gasteiger partial charge is 0.263 e. The highest BCUT2D eigenvalue weighted by Crippen LogP contribution is 2.31. The SMILES string of the molecule is CC(C)CCCC(C)NC(=O)c1sc2ncccc2c1N. The molecule has 0 saturated heterocycles. The normalized spacial score (nSPS) is 12.8. The van der Waals surface area contributed by atoms with Gasteiger partial charge in [0.15, 0.2) is 0 Å². The van der Waals surface area contributed by atoms with E-state index in [-0.39, 0.29) is 11.9 Å². The van der Waals surface area contributed by atoms with Crippen molar-refractivity contribution in [3.05, 3.63) is 23.2 Å². The molecule has 2 rings (SSSR count). The van der Waals surface area contributed by atoms with Gasteiger partial charge in [0.05, 0.1) is 5.69 Å². The molecule has 114 valence electrons. The first-order valence-corrected chi connectivity index (χ1v) is 8.24. The summed E-state index contributed by atoms with van der Waals surface area (Å²) in [6.07, 6.45) is 5.03. The zero-order valence-corrected chi connectivity index (χ0v) is 13.7. The van der Waals surface area contributed by atoms with Crippen LogP contribution in [0, 0.1) is 5.92 Å². The number of thiophene rings is 1. The summed E-state index contributed by atoms with van der Waals surface area (Å²) >= 11 is 1.35. The van der Waals surface area contributed by atoms with Crippen LogP contribution in [0.15, 0.2) is 18.3 Å². The van der Waals surface area contributed by atoms with E-state index in [9.17, 15) is 4.79 Å². The first-order chi connectivity index (χ1) is 9.99. The number of carbonyl (C=O) groups excluding carboxylic acids is 1. The van der Waals surface area contributed by atoms with Crippen LogP contribution in [0.5, 0.6) is 0 Å². The molecule has 4 nitrogen and oxygen atoms in total. The molecule has 0 fully saturated rings. The van der Waals surface area contributed by atoms with E-state index < -0.39 is 0 Å². The fourth-order valence-electron chi connectivity index (χ4n) is 2.31. The second-order valence-electron chi connectivity index (χ2n) is 5.90. The van der Waals surface area contributed by atoms with Crippen LogP contribution in [-0.2, 0) is 0 Å². The van der Waals surface area contributed by atoms with Gasteiger partial charge in [-0.2, -0.15) is 0 Å². The molecular formula is C16H23N3OS. The quantitative estimate of drug-likeness (QED) is 0.852. The van der Waals surface area contributed by atoms with Gasteiger partial charge in [0, 0.05) is 17.6 Å². The first-order valence-electron chi connectivity index (χ1n) is 7.43. The van der Waals surface area contributed by atoms with Crippen LogP contribution >= 0.6 is 11.3 Å². The molecule has 0 radical (unpaired) electrons. The molecule has 2 heterocycles. The molecule has 1 amide bonds. The number of anilines is 1. The van der Waals surface area contributed by atoms with Gasteiger partial charge in [-0.05, 0) is 31.4 Å². The third-order valence-corrected chi connectivity index (χ3v) is 4.64. The average Bonchev–Trinajstić information content (AvgIpc) is 2.76. The van der Waals surface area contributed by atoms with E-state index in [0.29, 0.717) is 16.5 Å². The maximum atomic E-state index is 12.3. The summed E-state index contributed by atoms with van der Waals surface area (Å²) < 4.78 is 0. The largest absolute Gasteiger partial charge is 0.397 e. The zero-order chi connectivity index (χ0) is 15.4. The summed E-state index contributed by atoms with van der Waals surface area (Å²) in [6, 6.07) is 3.90. The Bertz CT molecular complexity index is 621. The summed E-state index contributed by atoms with van der Waals surface area (Å²) in [4.78, 5) is 18.0. The second-order valence-corrected chi connectivity index (χ2v) is 6.90. The number of aromatic nitrogens is 1. The number of amides is 1. The molecule has 2 aromatic rings. The summed E-state index contributed by atoms with van der Waals surface area (Å²) in [7, 11) is 0. The van der Waals surface area contributed by atoms with Crippen molar-refractivity contribution in [2.24, 2.45) is 5.92 Å². The van der Waals surface area contributed by atoms with Crippen molar-refractivity contribution in [2.45, 2.75) is 46.1 Å². The molecule has 1 atom stereocenters. The van der Waals surface area contributed by atoms with Crippen molar-refractivity contribution in [2.75, 3.05) is 5.73 Å². The maximum absolute atomic E-state index is 12.3. The molecule has 0 saturated carbocycles. The van der Waals surface area contributed by atoms with Crippen LogP contribution < -0.4 is 11.1 Å².